The first kappa shape index (κ1) is 13.9. The number of amides is 1. The Hall–Kier alpha value is -3.08. The number of aromatic nitrogens is 1. The van der Waals surface area contributed by atoms with Gasteiger partial charge in [0.05, 0.1) is 16.8 Å². The highest BCUT2D eigenvalue weighted by molar-refractivity contribution is 5.95. The monoisotopic (exact) mass is 293 g/mol. The van der Waals surface area contributed by atoms with Gasteiger partial charge in [-0.15, -0.1) is 0 Å². The van der Waals surface area contributed by atoms with E-state index >= 15 is 0 Å². The van der Waals surface area contributed by atoms with Crippen molar-refractivity contribution in [3.8, 4) is 5.75 Å². The molecular weight excluding hydrogens is 278 g/mol. The number of anilines is 1. The van der Waals surface area contributed by atoms with E-state index in [1.165, 1.54) is 12.1 Å². The third kappa shape index (κ3) is 2.69. The molecule has 0 radical (unpaired) electrons. The highest BCUT2D eigenvalue weighted by Crippen LogP contribution is 2.23. The average Bonchev–Trinajstić information content (AvgIpc) is 2.52. The van der Waals surface area contributed by atoms with Crippen LogP contribution >= 0.6 is 0 Å². The first-order valence-electron chi connectivity index (χ1n) is 6.84. The maximum absolute atomic E-state index is 11.1. The summed E-state index contributed by atoms with van der Waals surface area (Å²) in [7, 11) is 0. The zero-order chi connectivity index (χ0) is 15.5. The Morgan fingerprint density at radius 3 is 2.77 bits per heavy atom. The summed E-state index contributed by atoms with van der Waals surface area (Å²) in [6.45, 7) is 0.502. The van der Waals surface area contributed by atoms with Crippen molar-refractivity contribution in [2.75, 3.05) is 5.32 Å². The number of hydrogen-bond donors (Lipinski definition) is 3. The van der Waals surface area contributed by atoms with Crippen molar-refractivity contribution >= 4 is 22.5 Å². The second-order valence-corrected chi connectivity index (χ2v) is 4.95. The van der Waals surface area contributed by atoms with E-state index in [9.17, 15) is 9.90 Å². The fourth-order valence-corrected chi connectivity index (χ4v) is 2.34. The Morgan fingerprint density at radius 2 is 2.00 bits per heavy atom. The topological polar surface area (TPSA) is 88.2 Å². The second-order valence-electron chi connectivity index (χ2n) is 4.95. The van der Waals surface area contributed by atoms with Gasteiger partial charge in [-0.25, -0.2) is 0 Å². The maximum Gasteiger partial charge on any atom is 0.252 e. The Bertz CT molecular complexity index is 841. The number of hydrogen-bond acceptors (Lipinski definition) is 4. The molecule has 0 bridgehead atoms. The van der Waals surface area contributed by atoms with Gasteiger partial charge in [-0.3, -0.25) is 9.78 Å². The summed E-state index contributed by atoms with van der Waals surface area (Å²) in [5, 5.41) is 14.1. The molecule has 0 atom stereocenters. The van der Waals surface area contributed by atoms with Crippen LogP contribution in [0.25, 0.3) is 10.9 Å². The smallest absolute Gasteiger partial charge is 0.252 e. The standard InChI is InChI=1S/C17H15N3O2/c18-17(22)13-7-6-11(9-15(13)21)10-20-14-5-1-3-12-4-2-8-19-16(12)14/h1-9,20-21H,10H2,(H2,18,22). The fourth-order valence-electron chi connectivity index (χ4n) is 2.34. The third-order valence-electron chi connectivity index (χ3n) is 3.44. The molecule has 0 fully saturated rings. The summed E-state index contributed by atoms with van der Waals surface area (Å²) in [4.78, 5) is 15.5. The van der Waals surface area contributed by atoms with Crippen LogP contribution in [0.1, 0.15) is 15.9 Å². The zero-order valence-corrected chi connectivity index (χ0v) is 11.8. The van der Waals surface area contributed by atoms with Gasteiger partial charge in [0.15, 0.2) is 0 Å². The number of fused-ring (bicyclic) bond motifs is 1. The molecule has 1 amide bonds. The molecule has 110 valence electrons. The number of phenols is 1. The predicted octanol–water partition coefficient (Wildman–Crippen LogP) is 2.65. The number of carbonyl (C=O) groups excluding carboxylic acids is 1. The number of para-hydroxylation sites is 1. The van der Waals surface area contributed by atoms with Gasteiger partial charge >= 0.3 is 0 Å². The van der Waals surface area contributed by atoms with Crippen molar-refractivity contribution in [2.24, 2.45) is 5.73 Å². The van der Waals surface area contributed by atoms with Crippen LogP contribution in [-0.4, -0.2) is 16.0 Å². The molecule has 0 aliphatic rings. The Labute approximate surface area is 127 Å². The largest absolute Gasteiger partial charge is 0.507 e. The van der Waals surface area contributed by atoms with Crippen molar-refractivity contribution in [1.82, 2.24) is 4.98 Å². The Kier molecular flexibility index (Phi) is 3.62. The van der Waals surface area contributed by atoms with Gasteiger partial charge < -0.3 is 16.2 Å². The van der Waals surface area contributed by atoms with Gasteiger partial charge in [0.25, 0.3) is 5.91 Å². The molecule has 3 rings (SSSR count). The molecule has 0 spiro atoms. The lowest BCUT2D eigenvalue weighted by atomic mass is 10.1. The number of nitrogens with two attached hydrogens (primary N) is 1. The number of nitrogens with one attached hydrogen (secondary N) is 1. The molecule has 0 saturated heterocycles. The van der Waals surface area contributed by atoms with Crippen molar-refractivity contribution < 1.29 is 9.90 Å². The molecule has 0 aliphatic carbocycles. The maximum atomic E-state index is 11.1. The molecule has 1 aromatic heterocycles. The zero-order valence-electron chi connectivity index (χ0n) is 11.8. The number of carbonyl (C=O) groups is 1. The van der Waals surface area contributed by atoms with Crippen LogP contribution in [0.3, 0.4) is 0 Å². The van der Waals surface area contributed by atoms with Crippen LogP contribution in [0.15, 0.2) is 54.7 Å². The second kappa shape index (κ2) is 5.73. The van der Waals surface area contributed by atoms with Crippen LogP contribution in [-0.2, 0) is 6.54 Å². The Balaban J connectivity index is 1.82. The summed E-state index contributed by atoms with van der Waals surface area (Å²) in [5.41, 5.74) is 7.94. The fraction of sp³-hybridized carbons (Fsp3) is 0.0588. The van der Waals surface area contributed by atoms with Gasteiger partial charge in [-0.05, 0) is 29.8 Å². The molecule has 0 unspecified atom stereocenters. The van der Waals surface area contributed by atoms with Gasteiger partial charge in [0, 0.05) is 18.1 Å². The first-order valence-corrected chi connectivity index (χ1v) is 6.84. The van der Waals surface area contributed by atoms with E-state index in [4.69, 9.17) is 5.73 Å². The third-order valence-corrected chi connectivity index (χ3v) is 3.44. The number of primary amides is 1. The van der Waals surface area contributed by atoms with Crippen LogP contribution in [0.5, 0.6) is 5.75 Å². The molecule has 0 saturated carbocycles. The van der Waals surface area contributed by atoms with Crippen LogP contribution in [0.4, 0.5) is 5.69 Å². The van der Waals surface area contributed by atoms with Crippen LogP contribution in [0.2, 0.25) is 0 Å². The van der Waals surface area contributed by atoms with E-state index in [0.29, 0.717) is 6.54 Å². The molecule has 1 heterocycles. The molecule has 5 nitrogen and oxygen atoms in total. The average molecular weight is 293 g/mol. The van der Waals surface area contributed by atoms with Crippen molar-refractivity contribution in [3.05, 3.63) is 65.9 Å². The molecular formula is C17H15N3O2. The predicted molar refractivity (Wildman–Crippen MR) is 85.7 cm³/mol. The van der Waals surface area contributed by atoms with Gasteiger partial charge in [-0.2, -0.15) is 0 Å². The van der Waals surface area contributed by atoms with E-state index in [0.717, 1.165) is 22.2 Å². The Morgan fingerprint density at radius 1 is 1.18 bits per heavy atom. The lowest BCUT2D eigenvalue weighted by Crippen LogP contribution is -2.11. The van der Waals surface area contributed by atoms with E-state index in [1.54, 1.807) is 12.3 Å². The van der Waals surface area contributed by atoms with Crippen molar-refractivity contribution in [3.63, 3.8) is 0 Å². The molecule has 5 heteroatoms. The SMILES string of the molecule is NC(=O)c1ccc(CNc2cccc3cccnc23)cc1O. The van der Waals surface area contributed by atoms with Crippen LogP contribution in [0, 0.1) is 0 Å². The van der Waals surface area contributed by atoms with E-state index in [-0.39, 0.29) is 11.3 Å². The first-order chi connectivity index (χ1) is 10.6. The lowest BCUT2D eigenvalue weighted by Gasteiger charge is -2.10. The minimum absolute atomic E-state index is 0.108. The number of nitrogens with zero attached hydrogens (tertiary/aromatic N) is 1. The van der Waals surface area contributed by atoms with Crippen molar-refractivity contribution in [2.45, 2.75) is 6.54 Å². The van der Waals surface area contributed by atoms with Gasteiger partial charge in [0.1, 0.15) is 5.75 Å². The summed E-state index contributed by atoms with van der Waals surface area (Å²) < 4.78 is 0. The quantitative estimate of drug-likeness (QED) is 0.690. The normalized spacial score (nSPS) is 10.5. The summed E-state index contributed by atoms with van der Waals surface area (Å²) in [6, 6.07) is 14.6. The van der Waals surface area contributed by atoms with Crippen molar-refractivity contribution in [1.29, 1.82) is 0 Å². The minimum atomic E-state index is -0.643. The van der Waals surface area contributed by atoms with E-state index in [1.807, 2.05) is 30.3 Å². The summed E-state index contributed by atoms with van der Waals surface area (Å²) in [5.74, 6) is -0.752. The molecule has 22 heavy (non-hydrogen) atoms. The van der Waals surface area contributed by atoms with E-state index in [2.05, 4.69) is 10.3 Å². The van der Waals surface area contributed by atoms with Gasteiger partial charge in [-0.1, -0.05) is 24.3 Å². The summed E-state index contributed by atoms with van der Waals surface area (Å²) >= 11 is 0. The number of aromatic hydroxyl groups is 1. The minimum Gasteiger partial charge on any atom is -0.507 e. The number of pyridine rings is 1. The lowest BCUT2D eigenvalue weighted by molar-refractivity contribution is 0.0998. The number of benzene rings is 2. The summed E-state index contributed by atoms with van der Waals surface area (Å²) in [6.07, 6.45) is 1.75. The molecule has 0 aliphatic heterocycles. The van der Waals surface area contributed by atoms with E-state index < -0.39 is 5.91 Å². The highest BCUT2D eigenvalue weighted by Gasteiger charge is 2.08. The molecule has 2 aromatic carbocycles. The number of rotatable bonds is 4. The molecule has 4 N–H and O–H groups in total. The molecule has 3 aromatic rings. The van der Waals surface area contributed by atoms with Crippen LogP contribution < -0.4 is 11.1 Å². The highest BCUT2D eigenvalue weighted by atomic mass is 16.3. The van der Waals surface area contributed by atoms with Gasteiger partial charge in [0.2, 0.25) is 0 Å².